The molecule has 3 aromatic rings. The van der Waals surface area contributed by atoms with Gasteiger partial charge in [0.2, 0.25) is 17.0 Å². The Labute approximate surface area is 222 Å². The monoisotopic (exact) mass is 547 g/mol. The molecule has 1 fully saturated rings. The van der Waals surface area contributed by atoms with Gasteiger partial charge in [-0.2, -0.15) is 4.31 Å². The summed E-state index contributed by atoms with van der Waals surface area (Å²) < 4.78 is 29.6. The molecule has 1 aliphatic rings. The molecular formula is C26H30ClN3O6S. The Morgan fingerprint density at radius 3 is 2.51 bits per heavy atom. The van der Waals surface area contributed by atoms with Crippen molar-refractivity contribution in [3.8, 4) is 11.3 Å². The van der Waals surface area contributed by atoms with Crippen LogP contribution >= 0.6 is 11.6 Å². The van der Waals surface area contributed by atoms with Crippen molar-refractivity contribution >= 4 is 45.8 Å². The first-order valence-electron chi connectivity index (χ1n) is 12.1. The molecule has 0 saturated heterocycles. The van der Waals surface area contributed by atoms with Gasteiger partial charge in [-0.15, -0.1) is 0 Å². The van der Waals surface area contributed by atoms with Crippen LogP contribution in [-0.4, -0.2) is 48.6 Å². The summed E-state index contributed by atoms with van der Waals surface area (Å²) in [6.45, 7) is 3.58. The van der Waals surface area contributed by atoms with Crippen LogP contribution in [0, 0.1) is 5.41 Å². The fraction of sp³-hybridized carbons (Fsp3) is 0.423. The van der Waals surface area contributed by atoms with E-state index in [4.69, 9.17) is 21.0 Å². The number of aromatic nitrogens is 1. The van der Waals surface area contributed by atoms with Crippen LogP contribution in [0.4, 0.5) is 0 Å². The van der Waals surface area contributed by atoms with Gasteiger partial charge >= 0.3 is 5.97 Å². The topological polar surface area (TPSA) is 133 Å². The number of pyridine rings is 1. The highest BCUT2D eigenvalue weighted by Gasteiger charge is 2.32. The maximum absolute atomic E-state index is 12.9. The predicted octanol–water partition coefficient (Wildman–Crippen LogP) is 5.21. The molecule has 1 saturated carbocycles. The van der Waals surface area contributed by atoms with Crippen molar-refractivity contribution in [3.63, 3.8) is 0 Å². The number of nitrogens with zero attached hydrogens (tertiary/aromatic N) is 2. The Morgan fingerprint density at radius 1 is 1.27 bits per heavy atom. The number of hydrogen-bond acceptors (Lipinski definition) is 5. The molecule has 11 heteroatoms. The summed E-state index contributed by atoms with van der Waals surface area (Å²) in [4.78, 5) is 29.0. The number of carboxylic acids is 1. The van der Waals surface area contributed by atoms with Crippen LogP contribution in [0.25, 0.3) is 22.4 Å². The minimum Gasteiger partial charge on any atom is -0.481 e. The quantitative estimate of drug-likeness (QED) is 0.280. The Balaban J connectivity index is 1.71. The second kappa shape index (κ2) is 10.9. The van der Waals surface area contributed by atoms with Gasteiger partial charge in [0, 0.05) is 24.2 Å². The fourth-order valence-electron chi connectivity index (χ4n) is 4.29. The zero-order chi connectivity index (χ0) is 26.9. The summed E-state index contributed by atoms with van der Waals surface area (Å²) in [5.74, 6) is -0.596. The van der Waals surface area contributed by atoms with Crippen molar-refractivity contribution in [3.05, 3.63) is 52.2 Å². The van der Waals surface area contributed by atoms with Crippen LogP contribution in [0.5, 0.6) is 0 Å². The van der Waals surface area contributed by atoms with Crippen LogP contribution < -0.4 is 5.32 Å². The second-order valence-electron chi connectivity index (χ2n) is 9.93. The predicted molar refractivity (Wildman–Crippen MR) is 142 cm³/mol. The number of hydrogen-bond donors (Lipinski definition) is 3. The van der Waals surface area contributed by atoms with E-state index in [0.717, 1.165) is 18.4 Å². The molecule has 3 N–H and O–H groups in total. The van der Waals surface area contributed by atoms with Gasteiger partial charge in [0.1, 0.15) is 5.76 Å². The summed E-state index contributed by atoms with van der Waals surface area (Å²) in [7, 11) is 1.55. The van der Waals surface area contributed by atoms with Crippen molar-refractivity contribution in [1.82, 2.24) is 14.6 Å². The molecule has 1 unspecified atom stereocenters. The first-order chi connectivity index (χ1) is 17.5. The molecule has 37 heavy (non-hydrogen) atoms. The number of halogens is 1. The Bertz CT molecular complexity index is 1350. The van der Waals surface area contributed by atoms with E-state index < -0.39 is 22.7 Å². The number of furan rings is 1. The summed E-state index contributed by atoms with van der Waals surface area (Å²) in [5.41, 5.74) is 1.91. The molecule has 198 valence electrons. The van der Waals surface area contributed by atoms with Gasteiger partial charge in [0.25, 0.3) is 5.91 Å². The summed E-state index contributed by atoms with van der Waals surface area (Å²) in [6, 6.07) is 8.88. The summed E-state index contributed by atoms with van der Waals surface area (Å²) in [5, 5.41) is 13.2. The highest BCUT2D eigenvalue weighted by atomic mass is 35.5. The Morgan fingerprint density at radius 2 is 1.95 bits per heavy atom. The number of aliphatic carboxylic acids is 1. The third-order valence-electron chi connectivity index (χ3n) is 6.71. The van der Waals surface area contributed by atoms with Crippen molar-refractivity contribution in [1.29, 1.82) is 0 Å². The van der Waals surface area contributed by atoms with Crippen LogP contribution in [-0.2, 0) is 22.6 Å². The average molecular weight is 548 g/mol. The van der Waals surface area contributed by atoms with Crippen LogP contribution in [0.15, 0.2) is 34.7 Å². The largest absolute Gasteiger partial charge is 0.481 e. The maximum Gasteiger partial charge on any atom is 0.309 e. The second-order valence-corrected chi connectivity index (χ2v) is 11.3. The molecular weight excluding hydrogens is 518 g/mol. The molecule has 2 aromatic heterocycles. The average Bonchev–Trinajstić information content (AvgIpc) is 3.63. The molecule has 1 aliphatic carbocycles. The number of carboxylic acid groups (broad SMARTS) is 1. The zero-order valence-corrected chi connectivity index (χ0v) is 22.5. The van der Waals surface area contributed by atoms with E-state index in [2.05, 4.69) is 5.32 Å². The lowest BCUT2D eigenvalue weighted by Gasteiger charge is -2.22. The number of benzene rings is 1. The van der Waals surface area contributed by atoms with Gasteiger partial charge in [-0.25, -0.2) is 9.19 Å². The molecule has 2 heterocycles. The number of carbonyl (C=O) groups is 2. The van der Waals surface area contributed by atoms with Gasteiger partial charge in [0.05, 0.1) is 28.6 Å². The van der Waals surface area contributed by atoms with Crippen molar-refractivity contribution in [2.75, 3.05) is 13.6 Å². The van der Waals surface area contributed by atoms with Crippen molar-refractivity contribution in [2.45, 2.75) is 52.0 Å². The third-order valence-corrected chi connectivity index (χ3v) is 7.71. The maximum atomic E-state index is 12.9. The van der Waals surface area contributed by atoms with E-state index in [9.17, 15) is 23.5 Å². The summed E-state index contributed by atoms with van der Waals surface area (Å²) >= 11 is 3.76. The van der Waals surface area contributed by atoms with Gasteiger partial charge in [-0.3, -0.25) is 14.1 Å². The number of fused-ring (bicyclic) bond motifs is 1. The van der Waals surface area contributed by atoms with E-state index in [1.165, 1.54) is 4.31 Å². The minimum atomic E-state index is -2.28. The molecule has 1 aromatic carbocycles. The standard InChI is InChI=1S/C26H30ClN3O6S/c1-26(2,25(32)33)11-4-12-30(37(34)35)14-20-18(15-5-6-15)13-19-21(23(31)28-3)22(36-24(19)29-20)16-7-9-17(27)10-8-16/h7-10,13,15H,4-6,11-12,14H2,1-3H3,(H,28,31)(H,32,33)(H,34,35). The number of carbonyl (C=O) groups excluding carboxylic acids is 1. The SMILES string of the molecule is CNC(=O)c1c(-c2ccc(Cl)cc2)oc2nc(CN(CCCC(C)(C)C(=O)O)S(=O)O)c(C3CC3)cc12. The van der Waals surface area contributed by atoms with Crippen LogP contribution in [0.1, 0.15) is 67.1 Å². The van der Waals surface area contributed by atoms with E-state index in [0.29, 0.717) is 45.8 Å². The number of nitrogens with one attached hydrogen (secondary N) is 1. The van der Waals surface area contributed by atoms with E-state index in [1.54, 1.807) is 45.2 Å². The lowest BCUT2D eigenvalue weighted by Crippen LogP contribution is -2.30. The normalized spacial score (nSPS) is 14.8. The van der Waals surface area contributed by atoms with E-state index in [-0.39, 0.29) is 30.6 Å². The van der Waals surface area contributed by atoms with Gasteiger partial charge in [0.15, 0.2) is 0 Å². The molecule has 1 amide bonds. The highest BCUT2D eigenvalue weighted by Crippen LogP contribution is 2.44. The van der Waals surface area contributed by atoms with Crippen LogP contribution in [0.2, 0.25) is 5.02 Å². The van der Waals surface area contributed by atoms with Gasteiger partial charge in [-0.05, 0) is 81.3 Å². The highest BCUT2D eigenvalue weighted by molar-refractivity contribution is 7.76. The lowest BCUT2D eigenvalue weighted by molar-refractivity contribution is -0.147. The number of rotatable bonds is 11. The lowest BCUT2D eigenvalue weighted by atomic mass is 9.88. The van der Waals surface area contributed by atoms with Crippen molar-refractivity contribution < 1.29 is 27.9 Å². The first kappa shape index (κ1) is 27.3. The molecule has 0 aliphatic heterocycles. The molecule has 4 rings (SSSR count). The third kappa shape index (κ3) is 6.04. The van der Waals surface area contributed by atoms with Gasteiger partial charge < -0.3 is 14.8 Å². The number of amides is 1. The Hall–Kier alpha value is -2.79. The van der Waals surface area contributed by atoms with Crippen molar-refractivity contribution in [2.24, 2.45) is 5.41 Å². The molecule has 0 radical (unpaired) electrons. The minimum absolute atomic E-state index is 0.0880. The molecule has 0 bridgehead atoms. The fourth-order valence-corrected chi connectivity index (χ4v) is 4.93. The Kier molecular flexibility index (Phi) is 8.03. The smallest absolute Gasteiger partial charge is 0.309 e. The zero-order valence-electron chi connectivity index (χ0n) is 20.9. The first-order valence-corrected chi connectivity index (χ1v) is 13.5. The summed E-state index contributed by atoms with van der Waals surface area (Å²) in [6.07, 6.45) is 2.71. The van der Waals surface area contributed by atoms with E-state index >= 15 is 0 Å². The molecule has 9 nitrogen and oxygen atoms in total. The van der Waals surface area contributed by atoms with E-state index in [1.807, 2.05) is 6.07 Å². The van der Waals surface area contributed by atoms with Gasteiger partial charge in [-0.1, -0.05) is 11.6 Å². The van der Waals surface area contributed by atoms with Crippen LogP contribution in [0.3, 0.4) is 0 Å². The molecule has 0 spiro atoms. The molecule has 1 atom stereocenters.